The minimum Gasteiger partial charge on any atom is -0.495 e. The summed E-state index contributed by atoms with van der Waals surface area (Å²) in [5, 5.41) is 3.05. The highest BCUT2D eigenvalue weighted by Gasteiger charge is 2.09. The second kappa shape index (κ2) is 6.28. The summed E-state index contributed by atoms with van der Waals surface area (Å²) >= 11 is 5.98. The van der Waals surface area contributed by atoms with E-state index in [1.165, 1.54) is 13.2 Å². The molecular formula is C15H13ClN2O3. The number of carbonyl (C=O) groups is 2. The largest absolute Gasteiger partial charge is 0.495 e. The molecule has 2 rings (SSSR count). The van der Waals surface area contributed by atoms with Gasteiger partial charge in [0.15, 0.2) is 0 Å². The Morgan fingerprint density at radius 3 is 2.24 bits per heavy atom. The molecular weight excluding hydrogens is 292 g/mol. The van der Waals surface area contributed by atoms with Crippen molar-refractivity contribution >= 4 is 29.1 Å². The minimum absolute atomic E-state index is 0.314. The fourth-order valence-electron chi connectivity index (χ4n) is 1.73. The van der Waals surface area contributed by atoms with Gasteiger partial charge in [-0.15, -0.1) is 0 Å². The van der Waals surface area contributed by atoms with E-state index in [4.69, 9.17) is 22.1 Å². The molecule has 0 bridgehead atoms. The van der Waals surface area contributed by atoms with E-state index in [1.807, 2.05) is 0 Å². The SMILES string of the molecule is COc1ccc(C(=O)Nc2ccc(C(N)=O)cc2)cc1Cl. The van der Waals surface area contributed by atoms with Gasteiger partial charge in [-0.25, -0.2) is 0 Å². The fourth-order valence-corrected chi connectivity index (χ4v) is 1.99. The molecule has 5 nitrogen and oxygen atoms in total. The average molecular weight is 305 g/mol. The number of anilines is 1. The van der Waals surface area contributed by atoms with E-state index in [0.29, 0.717) is 27.6 Å². The second-order valence-electron chi connectivity index (χ2n) is 4.25. The first-order valence-electron chi connectivity index (χ1n) is 6.06. The number of ether oxygens (including phenoxy) is 1. The Morgan fingerprint density at radius 2 is 1.71 bits per heavy atom. The Balaban J connectivity index is 2.14. The molecule has 0 unspecified atom stereocenters. The Morgan fingerprint density at radius 1 is 1.10 bits per heavy atom. The van der Waals surface area contributed by atoms with Crippen LogP contribution >= 0.6 is 11.6 Å². The molecule has 0 aliphatic carbocycles. The zero-order chi connectivity index (χ0) is 15.4. The number of hydrogen-bond donors (Lipinski definition) is 2. The third kappa shape index (κ3) is 3.52. The molecule has 6 heteroatoms. The van der Waals surface area contributed by atoms with E-state index in [2.05, 4.69) is 5.32 Å². The number of primary amides is 1. The van der Waals surface area contributed by atoms with Gasteiger partial charge in [-0.1, -0.05) is 11.6 Å². The molecule has 2 aromatic rings. The van der Waals surface area contributed by atoms with Crippen LogP contribution in [0.2, 0.25) is 5.02 Å². The first kappa shape index (κ1) is 14.9. The van der Waals surface area contributed by atoms with Gasteiger partial charge in [-0.2, -0.15) is 0 Å². The van der Waals surface area contributed by atoms with Gasteiger partial charge < -0.3 is 15.8 Å². The van der Waals surface area contributed by atoms with E-state index in [0.717, 1.165) is 0 Å². The van der Waals surface area contributed by atoms with Gasteiger partial charge in [0.05, 0.1) is 12.1 Å². The molecule has 0 heterocycles. The molecule has 2 aromatic carbocycles. The number of nitrogens with two attached hydrogens (primary N) is 1. The lowest BCUT2D eigenvalue weighted by Crippen LogP contribution is -2.13. The van der Waals surface area contributed by atoms with Crippen molar-refractivity contribution in [2.24, 2.45) is 5.73 Å². The van der Waals surface area contributed by atoms with Crippen molar-refractivity contribution in [3.8, 4) is 5.75 Å². The molecule has 0 saturated heterocycles. The fraction of sp³-hybridized carbons (Fsp3) is 0.0667. The topological polar surface area (TPSA) is 81.4 Å². The lowest BCUT2D eigenvalue weighted by Gasteiger charge is -2.08. The summed E-state index contributed by atoms with van der Waals surface area (Å²) in [5.41, 5.74) is 6.48. The molecule has 0 atom stereocenters. The first-order chi connectivity index (χ1) is 10.0. The molecule has 0 aromatic heterocycles. The highest BCUT2D eigenvalue weighted by molar-refractivity contribution is 6.32. The molecule has 0 spiro atoms. The Labute approximate surface area is 126 Å². The number of benzene rings is 2. The van der Waals surface area contributed by atoms with Crippen LogP contribution < -0.4 is 15.8 Å². The number of rotatable bonds is 4. The summed E-state index contributed by atoms with van der Waals surface area (Å²) in [5.74, 6) is -0.333. The van der Waals surface area contributed by atoms with Gasteiger partial charge in [-0.3, -0.25) is 9.59 Å². The van der Waals surface area contributed by atoms with Gasteiger partial charge >= 0.3 is 0 Å². The van der Waals surface area contributed by atoms with Crippen LogP contribution in [0.1, 0.15) is 20.7 Å². The highest BCUT2D eigenvalue weighted by atomic mass is 35.5. The van der Waals surface area contributed by atoms with E-state index in [-0.39, 0.29) is 5.91 Å². The average Bonchev–Trinajstić information content (AvgIpc) is 2.47. The van der Waals surface area contributed by atoms with Gasteiger partial charge in [0.1, 0.15) is 5.75 Å². The highest BCUT2D eigenvalue weighted by Crippen LogP contribution is 2.25. The lowest BCUT2D eigenvalue weighted by molar-refractivity contribution is 0.0998. The van der Waals surface area contributed by atoms with Crippen LogP contribution in [0.3, 0.4) is 0 Å². The molecule has 0 radical (unpaired) electrons. The van der Waals surface area contributed by atoms with Crippen molar-refractivity contribution < 1.29 is 14.3 Å². The van der Waals surface area contributed by atoms with Gasteiger partial charge in [0.25, 0.3) is 5.91 Å². The summed E-state index contributed by atoms with van der Waals surface area (Å²) in [6.07, 6.45) is 0. The zero-order valence-corrected chi connectivity index (χ0v) is 12.0. The Hall–Kier alpha value is -2.53. The third-order valence-corrected chi connectivity index (χ3v) is 3.14. The monoisotopic (exact) mass is 304 g/mol. The number of hydrogen-bond acceptors (Lipinski definition) is 3. The molecule has 3 N–H and O–H groups in total. The number of amides is 2. The molecule has 21 heavy (non-hydrogen) atoms. The van der Waals surface area contributed by atoms with E-state index >= 15 is 0 Å². The maximum absolute atomic E-state index is 12.1. The van der Waals surface area contributed by atoms with Crippen LogP contribution in [0.4, 0.5) is 5.69 Å². The normalized spacial score (nSPS) is 10.0. The molecule has 2 amide bonds. The summed E-state index contributed by atoms with van der Waals surface area (Å²) in [4.78, 5) is 23.0. The minimum atomic E-state index is -0.519. The Bertz CT molecular complexity index is 684. The maximum Gasteiger partial charge on any atom is 0.255 e. The van der Waals surface area contributed by atoms with Crippen molar-refractivity contribution in [2.45, 2.75) is 0 Å². The van der Waals surface area contributed by atoms with Gasteiger partial charge in [-0.05, 0) is 42.5 Å². The van der Waals surface area contributed by atoms with E-state index in [9.17, 15) is 9.59 Å². The molecule has 0 aliphatic heterocycles. The van der Waals surface area contributed by atoms with Crippen LogP contribution in [-0.2, 0) is 0 Å². The molecule has 0 saturated carbocycles. The number of nitrogens with one attached hydrogen (secondary N) is 1. The predicted molar refractivity (Wildman–Crippen MR) is 80.9 cm³/mol. The van der Waals surface area contributed by atoms with Crippen LogP contribution in [-0.4, -0.2) is 18.9 Å². The molecule has 0 fully saturated rings. The van der Waals surface area contributed by atoms with Crippen molar-refractivity contribution in [3.63, 3.8) is 0 Å². The predicted octanol–water partition coefficient (Wildman–Crippen LogP) is 2.70. The van der Waals surface area contributed by atoms with Crippen molar-refractivity contribution in [2.75, 3.05) is 12.4 Å². The quantitative estimate of drug-likeness (QED) is 0.911. The van der Waals surface area contributed by atoms with Crippen LogP contribution in [0.25, 0.3) is 0 Å². The summed E-state index contributed by atoms with van der Waals surface area (Å²) in [7, 11) is 1.50. The van der Waals surface area contributed by atoms with E-state index < -0.39 is 5.91 Å². The standard InChI is InChI=1S/C15H13ClN2O3/c1-21-13-7-4-10(8-12(13)16)15(20)18-11-5-2-9(3-6-11)14(17)19/h2-8H,1H3,(H2,17,19)(H,18,20). The third-order valence-electron chi connectivity index (χ3n) is 2.84. The van der Waals surface area contributed by atoms with Crippen molar-refractivity contribution in [1.29, 1.82) is 0 Å². The smallest absolute Gasteiger partial charge is 0.255 e. The van der Waals surface area contributed by atoms with Crippen LogP contribution in [0.15, 0.2) is 42.5 Å². The van der Waals surface area contributed by atoms with Crippen molar-refractivity contribution in [3.05, 3.63) is 58.6 Å². The van der Waals surface area contributed by atoms with Crippen LogP contribution in [0.5, 0.6) is 5.75 Å². The number of halogens is 1. The van der Waals surface area contributed by atoms with E-state index in [1.54, 1.807) is 36.4 Å². The second-order valence-corrected chi connectivity index (χ2v) is 4.65. The lowest BCUT2D eigenvalue weighted by atomic mass is 10.1. The number of methoxy groups -OCH3 is 1. The molecule has 108 valence electrons. The summed E-state index contributed by atoms with van der Waals surface area (Å²) in [6.45, 7) is 0. The molecule has 0 aliphatic rings. The summed E-state index contributed by atoms with van der Waals surface area (Å²) in [6, 6.07) is 11.0. The maximum atomic E-state index is 12.1. The van der Waals surface area contributed by atoms with Crippen LogP contribution in [0, 0.1) is 0 Å². The van der Waals surface area contributed by atoms with Crippen molar-refractivity contribution in [1.82, 2.24) is 0 Å². The summed E-state index contributed by atoms with van der Waals surface area (Å²) < 4.78 is 5.03. The number of carbonyl (C=O) groups excluding carboxylic acids is 2. The zero-order valence-electron chi connectivity index (χ0n) is 11.2. The van der Waals surface area contributed by atoms with Gasteiger partial charge in [0, 0.05) is 16.8 Å². The first-order valence-corrected chi connectivity index (χ1v) is 6.44. The van der Waals surface area contributed by atoms with Gasteiger partial charge in [0.2, 0.25) is 5.91 Å². The Kier molecular flexibility index (Phi) is 4.45.